The topological polar surface area (TPSA) is 24.9 Å². The highest BCUT2D eigenvalue weighted by molar-refractivity contribution is 7.15. The number of hydrogen-bond acceptors (Lipinski definition) is 3. The number of benzene rings is 2. The molecule has 0 bridgehead atoms. The third-order valence-electron chi connectivity index (χ3n) is 3.17. The number of nitrogens with one attached hydrogen (secondary N) is 1. The van der Waals surface area contributed by atoms with E-state index in [1.54, 1.807) is 23.5 Å². The summed E-state index contributed by atoms with van der Waals surface area (Å²) >= 11 is 1.64. The van der Waals surface area contributed by atoms with Crippen LogP contribution in [0.25, 0.3) is 21.8 Å². The fourth-order valence-electron chi connectivity index (χ4n) is 2.17. The third kappa shape index (κ3) is 3.01. The van der Waals surface area contributed by atoms with Gasteiger partial charge in [-0.3, -0.25) is 0 Å². The zero-order valence-electron chi connectivity index (χ0n) is 11.6. The normalized spacial score (nSPS) is 10.8. The van der Waals surface area contributed by atoms with Gasteiger partial charge in [-0.15, -0.1) is 11.3 Å². The van der Waals surface area contributed by atoms with Crippen molar-refractivity contribution in [3.63, 3.8) is 0 Å². The number of hydrogen-bond donors (Lipinski definition) is 1. The lowest BCUT2D eigenvalue weighted by Gasteiger charge is -2.00. The Balaban J connectivity index is 2.06. The first kappa shape index (κ1) is 13.9. The van der Waals surface area contributed by atoms with Gasteiger partial charge in [0.05, 0.1) is 5.69 Å². The van der Waals surface area contributed by atoms with E-state index in [4.69, 9.17) is 4.98 Å². The molecular formula is C17H15FN2S. The van der Waals surface area contributed by atoms with Crippen molar-refractivity contribution < 1.29 is 4.39 Å². The standard InChI is InChI=1S/C17H15FN2S/c1-19-11-15-16(12-5-3-2-4-6-12)20-17(21-15)13-7-9-14(18)10-8-13/h2-10,19H,11H2,1H3. The second-order valence-corrected chi connectivity index (χ2v) is 5.78. The molecule has 21 heavy (non-hydrogen) atoms. The van der Waals surface area contributed by atoms with Gasteiger partial charge in [0.15, 0.2) is 0 Å². The number of halogens is 1. The zero-order valence-corrected chi connectivity index (χ0v) is 12.5. The second-order valence-electron chi connectivity index (χ2n) is 4.69. The van der Waals surface area contributed by atoms with Crippen LogP contribution in [0.1, 0.15) is 4.88 Å². The lowest BCUT2D eigenvalue weighted by atomic mass is 10.1. The van der Waals surface area contributed by atoms with Crippen molar-refractivity contribution in [2.75, 3.05) is 7.05 Å². The maximum atomic E-state index is 13.0. The van der Waals surface area contributed by atoms with E-state index >= 15 is 0 Å². The Morgan fingerprint density at radius 2 is 1.71 bits per heavy atom. The van der Waals surface area contributed by atoms with E-state index in [-0.39, 0.29) is 5.82 Å². The molecule has 0 fully saturated rings. The summed E-state index contributed by atoms with van der Waals surface area (Å²) in [6, 6.07) is 16.6. The van der Waals surface area contributed by atoms with Crippen LogP contribution in [-0.2, 0) is 6.54 Å². The van der Waals surface area contributed by atoms with Crippen molar-refractivity contribution in [1.82, 2.24) is 10.3 Å². The predicted octanol–water partition coefficient (Wildman–Crippen LogP) is 4.34. The van der Waals surface area contributed by atoms with Crippen LogP contribution in [0.2, 0.25) is 0 Å². The predicted molar refractivity (Wildman–Crippen MR) is 85.7 cm³/mol. The quantitative estimate of drug-likeness (QED) is 0.775. The minimum Gasteiger partial charge on any atom is -0.315 e. The molecule has 0 radical (unpaired) electrons. The van der Waals surface area contributed by atoms with E-state index in [0.717, 1.165) is 28.4 Å². The Bertz CT molecular complexity index is 720. The summed E-state index contributed by atoms with van der Waals surface area (Å²) in [7, 11) is 1.92. The molecule has 3 aromatic rings. The van der Waals surface area contributed by atoms with E-state index in [9.17, 15) is 4.39 Å². The highest BCUT2D eigenvalue weighted by Crippen LogP contribution is 2.33. The van der Waals surface area contributed by atoms with Gasteiger partial charge in [0, 0.05) is 22.5 Å². The summed E-state index contributed by atoms with van der Waals surface area (Å²) in [6.45, 7) is 0.767. The average Bonchev–Trinajstić information content (AvgIpc) is 2.93. The largest absolute Gasteiger partial charge is 0.315 e. The number of thiazole rings is 1. The van der Waals surface area contributed by atoms with Gasteiger partial charge in [0.25, 0.3) is 0 Å². The molecule has 0 aliphatic rings. The molecule has 3 rings (SSSR count). The Morgan fingerprint density at radius 1 is 1.00 bits per heavy atom. The van der Waals surface area contributed by atoms with Gasteiger partial charge >= 0.3 is 0 Å². The van der Waals surface area contributed by atoms with Gasteiger partial charge in [-0.25, -0.2) is 9.37 Å². The Kier molecular flexibility index (Phi) is 4.08. The highest BCUT2D eigenvalue weighted by Gasteiger charge is 2.13. The highest BCUT2D eigenvalue weighted by atomic mass is 32.1. The Labute approximate surface area is 127 Å². The molecule has 0 aliphatic heterocycles. The van der Waals surface area contributed by atoms with E-state index in [2.05, 4.69) is 17.4 Å². The number of rotatable bonds is 4. The molecule has 0 saturated carbocycles. The molecule has 0 spiro atoms. The maximum absolute atomic E-state index is 13.0. The van der Waals surface area contributed by atoms with Crippen molar-refractivity contribution in [3.05, 3.63) is 65.3 Å². The lowest BCUT2D eigenvalue weighted by Crippen LogP contribution is -2.04. The van der Waals surface area contributed by atoms with Crippen LogP contribution in [-0.4, -0.2) is 12.0 Å². The third-order valence-corrected chi connectivity index (χ3v) is 4.28. The van der Waals surface area contributed by atoms with Crippen LogP contribution < -0.4 is 5.32 Å². The Morgan fingerprint density at radius 3 is 2.38 bits per heavy atom. The molecule has 4 heteroatoms. The summed E-state index contributed by atoms with van der Waals surface area (Å²) in [4.78, 5) is 5.94. The first-order valence-corrected chi connectivity index (χ1v) is 7.55. The molecule has 106 valence electrons. The van der Waals surface area contributed by atoms with Crippen LogP contribution in [0.15, 0.2) is 54.6 Å². The van der Waals surface area contributed by atoms with Crippen molar-refractivity contribution in [2.24, 2.45) is 0 Å². The van der Waals surface area contributed by atoms with E-state index < -0.39 is 0 Å². The molecule has 1 N–H and O–H groups in total. The molecule has 0 aliphatic carbocycles. The summed E-state index contributed by atoms with van der Waals surface area (Å²) in [5.74, 6) is -0.228. The summed E-state index contributed by atoms with van der Waals surface area (Å²) < 4.78 is 13.0. The van der Waals surface area contributed by atoms with Gasteiger partial charge < -0.3 is 5.32 Å². The van der Waals surface area contributed by atoms with Crippen LogP contribution in [0.5, 0.6) is 0 Å². The smallest absolute Gasteiger partial charge is 0.124 e. The minimum absolute atomic E-state index is 0.228. The molecule has 0 unspecified atom stereocenters. The molecule has 2 aromatic carbocycles. The van der Waals surface area contributed by atoms with Gasteiger partial charge in [0.2, 0.25) is 0 Å². The van der Waals surface area contributed by atoms with Crippen molar-refractivity contribution in [2.45, 2.75) is 6.54 Å². The molecule has 1 heterocycles. The van der Waals surface area contributed by atoms with Gasteiger partial charge in [-0.1, -0.05) is 30.3 Å². The molecular weight excluding hydrogens is 283 g/mol. The monoisotopic (exact) mass is 298 g/mol. The van der Waals surface area contributed by atoms with Crippen LogP contribution in [0, 0.1) is 5.82 Å². The van der Waals surface area contributed by atoms with E-state index in [1.807, 2.05) is 25.2 Å². The fraction of sp³-hybridized carbons (Fsp3) is 0.118. The molecule has 1 aromatic heterocycles. The van der Waals surface area contributed by atoms with Gasteiger partial charge in [0.1, 0.15) is 10.8 Å². The van der Waals surface area contributed by atoms with Crippen molar-refractivity contribution in [1.29, 1.82) is 0 Å². The average molecular weight is 298 g/mol. The van der Waals surface area contributed by atoms with Crippen LogP contribution in [0.4, 0.5) is 4.39 Å². The van der Waals surface area contributed by atoms with Crippen LogP contribution >= 0.6 is 11.3 Å². The van der Waals surface area contributed by atoms with Crippen LogP contribution in [0.3, 0.4) is 0 Å². The Hall–Kier alpha value is -2.04. The summed E-state index contributed by atoms with van der Waals surface area (Å²) in [6.07, 6.45) is 0. The molecule has 0 atom stereocenters. The number of aromatic nitrogens is 1. The first-order valence-electron chi connectivity index (χ1n) is 6.73. The SMILES string of the molecule is CNCc1sc(-c2ccc(F)cc2)nc1-c1ccccc1. The maximum Gasteiger partial charge on any atom is 0.124 e. The summed E-state index contributed by atoms with van der Waals surface area (Å²) in [5, 5.41) is 4.09. The first-order chi connectivity index (χ1) is 10.3. The summed E-state index contributed by atoms with van der Waals surface area (Å²) in [5.41, 5.74) is 3.04. The van der Waals surface area contributed by atoms with Gasteiger partial charge in [-0.2, -0.15) is 0 Å². The number of nitrogens with zero attached hydrogens (tertiary/aromatic N) is 1. The lowest BCUT2D eigenvalue weighted by molar-refractivity contribution is 0.628. The minimum atomic E-state index is -0.228. The van der Waals surface area contributed by atoms with E-state index in [0.29, 0.717) is 0 Å². The zero-order chi connectivity index (χ0) is 14.7. The molecule has 2 nitrogen and oxygen atoms in total. The molecule has 0 amide bonds. The molecule has 0 saturated heterocycles. The van der Waals surface area contributed by atoms with Crippen molar-refractivity contribution in [3.8, 4) is 21.8 Å². The van der Waals surface area contributed by atoms with E-state index in [1.165, 1.54) is 17.0 Å². The fourth-order valence-corrected chi connectivity index (χ4v) is 3.27. The second kappa shape index (κ2) is 6.16. The van der Waals surface area contributed by atoms with Crippen molar-refractivity contribution >= 4 is 11.3 Å². The van der Waals surface area contributed by atoms with Gasteiger partial charge in [-0.05, 0) is 31.3 Å².